The van der Waals surface area contributed by atoms with Crippen molar-refractivity contribution < 1.29 is 29.0 Å². The van der Waals surface area contributed by atoms with Crippen LogP contribution in [0.4, 0.5) is 4.79 Å². The lowest BCUT2D eigenvalue weighted by molar-refractivity contribution is -0.307. The number of halogens is 1. The van der Waals surface area contributed by atoms with Gasteiger partial charge in [-0.2, -0.15) is 0 Å². The van der Waals surface area contributed by atoms with Gasteiger partial charge in [-0.05, 0) is 67.5 Å². The molecule has 0 heterocycles. The molecule has 168 valence electrons. The molecule has 2 N–H and O–H groups in total. The Bertz CT molecular complexity index is 733. The summed E-state index contributed by atoms with van der Waals surface area (Å²) >= 11 is 2.02. The largest absolute Gasteiger partial charge is 0.546 e. The Morgan fingerprint density at radius 3 is 2.47 bits per heavy atom. The first-order valence-electron chi connectivity index (χ1n) is 9.90. The number of nitrogens with one attached hydrogen (secondary N) is 2. The number of benzene rings is 1. The van der Waals surface area contributed by atoms with Crippen molar-refractivity contribution in [2.45, 2.75) is 65.0 Å². The minimum atomic E-state index is -1.31. The van der Waals surface area contributed by atoms with Gasteiger partial charge in [0.05, 0.1) is 9.54 Å². The first-order valence-corrected chi connectivity index (χ1v) is 11.0. The van der Waals surface area contributed by atoms with Gasteiger partial charge in [0.2, 0.25) is 5.91 Å². The van der Waals surface area contributed by atoms with E-state index in [0.29, 0.717) is 15.9 Å². The highest BCUT2D eigenvalue weighted by Crippen LogP contribution is 2.23. The molecule has 0 saturated carbocycles. The molecule has 1 aromatic rings. The number of carboxylic acid groups (broad SMARTS) is 1. The first-order chi connectivity index (χ1) is 14.0. The molecule has 1 atom stereocenters. The van der Waals surface area contributed by atoms with Crippen LogP contribution in [0.2, 0.25) is 0 Å². The highest BCUT2D eigenvalue weighted by atomic mass is 127. The molecule has 2 amide bonds. The minimum absolute atomic E-state index is 0.246. The Kier molecular flexibility index (Phi) is 10.9. The van der Waals surface area contributed by atoms with Crippen LogP contribution >= 0.6 is 22.6 Å². The van der Waals surface area contributed by atoms with Crippen molar-refractivity contribution >= 4 is 40.6 Å². The van der Waals surface area contributed by atoms with Gasteiger partial charge in [-0.1, -0.05) is 25.8 Å². The SMILES string of the molecule is CCCCCNC(=O)C(Cc1ccc(OCC(=O)[O-])c(I)c1)NC(=O)OC(C)(C)C. The molecule has 1 unspecified atom stereocenters. The molecule has 0 aliphatic carbocycles. The van der Waals surface area contributed by atoms with E-state index in [4.69, 9.17) is 9.47 Å². The lowest BCUT2D eigenvalue weighted by Crippen LogP contribution is -2.49. The van der Waals surface area contributed by atoms with Crippen molar-refractivity contribution in [3.05, 3.63) is 27.3 Å². The predicted octanol–water partition coefficient (Wildman–Crippen LogP) is 2.16. The number of rotatable bonds is 11. The van der Waals surface area contributed by atoms with Gasteiger partial charge in [0, 0.05) is 13.0 Å². The van der Waals surface area contributed by atoms with E-state index in [1.807, 2.05) is 22.6 Å². The zero-order chi connectivity index (χ0) is 22.7. The molecule has 0 bridgehead atoms. The average molecular weight is 533 g/mol. The average Bonchev–Trinajstić information content (AvgIpc) is 2.62. The molecule has 8 nitrogen and oxygen atoms in total. The summed E-state index contributed by atoms with van der Waals surface area (Å²) in [7, 11) is 0. The Labute approximate surface area is 191 Å². The summed E-state index contributed by atoms with van der Waals surface area (Å²) < 4.78 is 11.1. The summed E-state index contributed by atoms with van der Waals surface area (Å²) in [6, 6.07) is 4.32. The molecule has 0 radical (unpaired) electrons. The smallest absolute Gasteiger partial charge is 0.408 e. The lowest BCUT2D eigenvalue weighted by atomic mass is 10.0. The third-order valence-electron chi connectivity index (χ3n) is 3.87. The second-order valence-electron chi connectivity index (χ2n) is 7.83. The van der Waals surface area contributed by atoms with Gasteiger partial charge in [0.1, 0.15) is 24.0 Å². The number of hydrogen-bond acceptors (Lipinski definition) is 6. The number of aliphatic carboxylic acids is 1. The molecular formula is C21H30IN2O6-. The molecule has 9 heteroatoms. The molecule has 1 rings (SSSR count). The Morgan fingerprint density at radius 1 is 1.20 bits per heavy atom. The number of unbranched alkanes of at least 4 members (excludes halogenated alkanes) is 2. The van der Waals surface area contributed by atoms with Crippen LogP contribution in [-0.2, 0) is 20.7 Å². The van der Waals surface area contributed by atoms with Crippen LogP contribution in [0.1, 0.15) is 52.5 Å². The molecule has 0 aliphatic rings. The van der Waals surface area contributed by atoms with Crippen LogP contribution in [0.5, 0.6) is 5.75 Å². The lowest BCUT2D eigenvalue weighted by Gasteiger charge is -2.23. The van der Waals surface area contributed by atoms with Crippen LogP contribution < -0.4 is 20.5 Å². The van der Waals surface area contributed by atoms with Crippen molar-refractivity contribution in [3.8, 4) is 5.75 Å². The highest BCUT2D eigenvalue weighted by Gasteiger charge is 2.24. The number of carbonyl (C=O) groups excluding carboxylic acids is 3. The fraction of sp³-hybridized carbons (Fsp3) is 0.571. The van der Waals surface area contributed by atoms with E-state index in [2.05, 4.69) is 17.6 Å². The summed E-state index contributed by atoms with van der Waals surface area (Å²) in [6.07, 6.45) is 2.50. The Hall–Kier alpha value is -2.04. The fourth-order valence-corrected chi connectivity index (χ4v) is 3.27. The van der Waals surface area contributed by atoms with Gasteiger partial charge in [-0.25, -0.2) is 4.79 Å². The number of carboxylic acids is 1. The van der Waals surface area contributed by atoms with Crippen LogP contribution in [0, 0.1) is 3.57 Å². The monoisotopic (exact) mass is 533 g/mol. The number of ether oxygens (including phenoxy) is 2. The van der Waals surface area contributed by atoms with Gasteiger partial charge in [0.15, 0.2) is 0 Å². The third-order valence-corrected chi connectivity index (χ3v) is 4.71. The predicted molar refractivity (Wildman–Crippen MR) is 119 cm³/mol. The number of carbonyl (C=O) groups is 3. The normalized spacial score (nSPS) is 12.0. The molecule has 0 fully saturated rings. The van der Waals surface area contributed by atoms with E-state index in [-0.39, 0.29) is 12.3 Å². The number of hydrogen-bond donors (Lipinski definition) is 2. The van der Waals surface area contributed by atoms with Crippen LogP contribution in [0.15, 0.2) is 18.2 Å². The zero-order valence-corrected chi connectivity index (χ0v) is 20.0. The van der Waals surface area contributed by atoms with E-state index in [0.717, 1.165) is 24.8 Å². The van der Waals surface area contributed by atoms with Gasteiger partial charge < -0.3 is 30.0 Å². The standard InChI is InChI=1S/C21H31IN2O6/c1-5-6-7-10-23-19(27)16(24-20(28)30-21(2,3)4)12-14-8-9-17(15(22)11-14)29-13-18(25)26/h8-9,11,16H,5-7,10,12-13H2,1-4H3,(H,23,27)(H,24,28)(H,25,26)/p-1. The molecule has 30 heavy (non-hydrogen) atoms. The maximum atomic E-state index is 12.7. The minimum Gasteiger partial charge on any atom is -0.546 e. The quantitative estimate of drug-likeness (QED) is 0.333. The van der Waals surface area contributed by atoms with Crippen LogP contribution in [0.25, 0.3) is 0 Å². The van der Waals surface area contributed by atoms with Crippen LogP contribution in [0.3, 0.4) is 0 Å². The summed E-state index contributed by atoms with van der Waals surface area (Å²) in [5.74, 6) is -1.19. The molecule has 0 aromatic heterocycles. The maximum absolute atomic E-state index is 12.7. The molecule has 0 aliphatic heterocycles. The van der Waals surface area contributed by atoms with E-state index in [9.17, 15) is 19.5 Å². The molecule has 0 spiro atoms. The van der Waals surface area contributed by atoms with Crippen molar-refractivity contribution in [3.63, 3.8) is 0 Å². The highest BCUT2D eigenvalue weighted by molar-refractivity contribution is 14.1. The van der Waals surface area contributed by atoms with E-state index in [1.165, 1.54) is 0 Å². The zero-order valence-electron chi connectivity index (χ0n) is 17.9. The summed E-state index contributed by atoms with van der Waals surface area (Å²) in [5.41, 5.74) is 0.101. The Balaban J connectivity index is 2.87. The van der Waals surface area contributed by atoms with E-state index >= 15 is 0 Å². The van der Waals surface area contributed by atoms with Gasteiger partial charge >= 0.3 is 6.09 Å². The van der Waals surface area contributed by atoms with E-state index in [1.54, 1.807) is 39.0 Å². The first kappa shape index (κ1) is 26.0. The second kappa shape index (κ2) is 12.6. The van der Waals surface area contributed by atoms with E-state index < -0.39 is 30.3 Å². The van der Waals surface area contributed by atoms with Crippen LogP contribution in [-0.4, -0.2) is 42.8 Å². The van der Waals surface area contributed by atoms with Gasteiger partial charge in [-0.15, -0.1) is 0 Å². The van der Waals surface area contributed by atoms with Gasteiger partial charge in [-0.3, -0.25) is 4.79 Å². The molecule has 1 aromatic carbocycles. The topological polar surface area (TPSA) is 117 Å². The third kappa shape index (κ3) is 10.7. The number of amides is 2. The van der Waals surface area contributed by atoms with Crippen molar-refractivity contribution in [1.29, 1.82) is 0 Å². The van der Waals surface area contributed by atoms with Crippen molar-refractivity contribution in [2.24, 2.45) is 0 Å². The second-order valence-corrected chi connectivity index (χ2v) is 8.99. The maximum Gasteiger partial charge on any atom is 0.408 e. The summed E-state index contributed by atoms with van der Waals surface area (Å²) in [5, 5.41) is 16.1. The summed E-state index contributed by atoms with van der Waals surface area (Å²) in [4.78, 5) is 35.4. The summed E-state index contributed by atoms with van der Waals surface area (Å²) in [6.45, 7) is 7.32. The molecule has 0 saturated heterocycles. The fourth-order valence-electron chi connectivity index (χ4n) is 2.53. The Morgan fingerprint density at radius 2 is 1.90 bits per heavy atom. The molecular weight excluding hydrogens is 503 g/mol. The van der Waals surface area contributed by atoms with Gasteiger partial charge in [0.25, 0.3) is 0 Å². The number of alkyl carbamates (subject to hydrolysis) is 1. The van der Waals surface area contributed by atoms with Crippen molar-refractivity contribution in [2.75, 3.05) is 13.2 Å². The van der Waals surface area contributed by atoms with Crippen molar-refractivity contribution in [1.82, 2.24) is 10.6 Å².